The fraction of sp³-hybridized carbons (Fsp3) is 0.533. The van der Waals surface area contributed by atoms with Crippen molar-refractivity contribution in [1.29, 1.82) is 0 Å². The van der Waals surface area contributed by atoms with Gasteiger partial charge in [-0.15, -0.1) is 0 Å². The first-order valence-electron chi connectivity index (χ1n) is 6.71. The average molecular weight is 297 g/mol. The van der Waals surface area contributed by atoms with Crippen molar-refractivity contribution in [2.24, 2.45) is 0 Å². The van der Waals surface area contributed by atoms with Crippen LogP contribution in [0.25, 0.3) is 0 Å². The monoisotopic (exact) mass is 297 g/mol. The third-order valence-corrected chi connectivity index (χ3v) is 3.39. The van der Waals surface area contributed by atoms with Gasteiger partial charge in [0.2, 0.25) is 0 Å². The van der Waals surface area contributed by atoms with Crippen LogP contribution in [0, 0.1) is 0 Å². The van der Waals surface area contributed by atoms with E-state index < -0.39 is 6.10 Å². The Hall–Kier alpha value is -1.79. The molecule has 2 unspecified atom stereocenters. The second-order valence-electron chi connectivity index (χ2n) is 4.56. The number of hydrogen-bond acceptors (Lipinski definition) is 6. The van der Waals surface area contributed by atoms with E-state index in [9.17, 15) is 9.90 Å². The second kappa shape index (κ2) is 8.49. The first-order valence-corrected chi connectivity index (χ1v) is 6.71. The molecule has 1 aromatic rings. The van der Waals surface area contributed by atoms with E-state index in [1.165, 1.54) is 7.11 Å². The van der Waals surface area contributed by atoms with E-state index >= 15 is 0 Å². The van der Waals surface area contributed by atoms with Gasteiger partial charge in [-0.2, -0.15) is 0 Å². The molecule has 118 valence electrons. The molecule has 1 aromatic carbocycles. The summed E-state index contributed by atoms with van der Waals surface area (Å²) < 4.78 is 15.1. The molecule has 0 amide bonds. The van der Waals surface area contributed by atoms with Crippen molar-refractivity contribution in [2.45, 2.75) is 25.0 Å². The highest BCUT2D eigenvalue weighted by Gasteiger charge is 2.24. The molecule has 0 saturated heterocycles. The predicted molar refractivity (Wildman–Crippen MR) is 78.6 cm³/mol. The molecule has 6 nitrogen and oxygen atoms in total. The highest BCUT2D eigenvalue weighted by atomic mass is 16.5. The maximum absolute atomic E-state index is 11.2. The minimum atomic E-state index is -0.829. The third kappa shape index (κ3) is 4.61. The van der Waals surface area contributed by atoms with Crippen molar-refractivity contribution in [3.8, 4) is 11.5 Å². The van der Waals surface area contributed by atoms with Gasteiger partial charge in [0.25, 0.3) is 0 Å². The Balaban J connectivity index is 2.92. The van der Waals surface area contributed by atoms with E-state index in [1.807, 2.05) is 0 Å². The van der Waals surface area contributed by atoms with Crippen LogP contribution in [-0.4, -0.2) is 45.5 Å². The Morgan fingerprint density at radius 2 is 2.00 bits per heavy atom. The van der Waals surface area contributed by atoms with Crippen molar-refractivity contribution < 1.29 is 24.1 Å². The van der Waals surface area contributed by atoms with E-state index in [1.54, 1.807) is 39.5 Å². The minimum Gasteiger partial charge on any atom is -0.497 e. The summed E-state index contributed by atoms with van der Waals surface area (Å²) in [7, 11) is 6.18. The van der Waals surface area contributed by atoms with Crippen molar-refractivity contribution >= 4 is 5.97 Å². The minimum absolute atomic E-state index is 0.228. The molecule has 0 spiro atoms. The Bertz CT molecular complexity index is 463. The first-order chi connectivity index (χ1) is 10.1. The zero-order valence-corrected chi connectivity index (χ0v) is 12.9. The van der Waals surface area contributed by atoms with Crippen LogP contribution >= 0.6 is 0 Å². The highest BCUT2D eigenvalue weighted by Crippen LogP contribution is 2.32. The second-order valence-corrected chi connectivity index (χ2v) is 4.56. The molecule has 6 heteroatoms. The van der Waals surface area contributed by atoms with Crippen LogP contribution < -0.4 is 14.8 Å². The summed E-state index contributed by atoms with van der Waals surface area (Å²) in [6.45, 7) is 0. The molecule has 0 bridgehead atoms. The summed E-state index contributed by atoms with van der Waals surface area (Å²) in [5.74, 6) is 0.898. The topological polar surface area (TPSA) is 77.0 Å². The molecule has 0 fully saturated rings. The zero-order chi connectivity index (χ0) is 15.8. The van der Waals surface area contributed by atoms with E-state index in [0.717, 1.165) is 0 Å². The quantitative estimate of drug-likeness (QED) is 0.704. The largest absolute Gasteiger partial charge is 0.497 e. The zero-order valence-electron chi connectivity index (χ0n) is 12.9. The lowest BCUT2D eigenvalue weighted by Crippen LogP contribution is -2.33. The number of rotatable bonds is 8. The van der Waals surface area contributed by atoms with Crippen molar-refractivity contribution in [1.82, 2.24) is 5.32 Å². The number of benzene rings is 1. The summed E-state index contributed by atoms with van der Waals surface area (Å²) in [5, 5.41) is 13.6. The van der Waals surface area contributed by atoms with Crippen molar-refractivity contribution in [3.63, 3.8) is 0 Å². The molecule has 0 aliphatic heterocycles. The summed E-state index contributed by atoms with van der Waals surface area (Å²) in [6.07, 6.45) is -0.152. The Kier molecular flexibility index (Phi) is 6.98. The molecule has 1 rings (SSSR count). The molecule has 0 heterocycles. The number of carbonyl (C=O) groups excluding carboxylic acids is 1. The molecular weight excluding hydrogens is 274 g/mol. The third-order valence-electron chi connectivity index (χ3n) is 3.39. The van der Waals surface area contributed by atoms with Gasteiger partial charge in [0, 0.05) is 18.0 Å². The van der Waals surface area contributed by atoms with Crippen molar-refractivity contribution in [2.75, 3.05) is 28.4 Å². The standard InChI is InChI=1S/C15H23NO5/c1-16-12(6-8-14(17)21-4)15(18)11-9-10(19-2)5-7-13(11)20-3/h5,7,9,12,15-16,18H,6,8H2,1-4H3. The van der Waals surface area contributed by atoms with Crippen molar-refractivity contribution in [3.05, 3.63) is 23.8 Å². The lowest BCUT2D eigenvalue weighted by atomic mass is 9.97. The molecule has 0 saturated carbocycles. The number of esters is 1. The smallest absolute Gasteiger partial charge is 0.305 e. The maximum Gasteiger partial charge on any atom is 0.305 e. The summed E-state index contributed by atoms with van der Waals surface area (Å²) in [4.78, 5) is 11.2. The molecule has 2 atom stereocenters. The van der Waals surface area contributed by atoms with Gasteiger partial charge in [0.1, 0.15) is 11.5 Å². The van der Waals surface area contributed by atoms with Crippen LogP contribution in [0.4, 0.5) is 0 Å². The fourth-order valence-electron chi connectivity index (χ4n) is 2.12. The van der Waals surface area contributed by atoms with Crippen LogP contribution in [0.15, 0.2) is 18.2 Å². The Morgan fingerprint density at radius 1 is 1.29 bits per heavy atom. The number of aliphatic hydroxyl groups excluding tert-OH is 1. The number of methoxy groups -OCH3 is 3. The Labute approximate surface area is 125 Å². The lowest BCUT2D eigenvalue weighted by molar-refractivity contribution is -0.140. The predicted octanol–water partition coefficient (Wildman–Crippen LogP) is 1.28. The number of aliphatic hydroxyl groups is 1. The van der Waals surface area contributed by atoms with Crippen LogP contribution in [0.3, 0.4) is 0 Å². The SMILES string of the molecule is CNC(CCC(=O)OC)C(O)c1cc(OC)ccc1OC. The summed E-state index contributed by atoms with van der Waals surface area (Å²) >= 11 is 0. The summed E-state index contributed by atoms with van der Waals surface area (Å²) in [5.41, 5.74) is 0.612. The van der Waals surface area contributed by atoms with Crippen LogP contribution in [0.1, 0.15) is 24.5 Å². The molecule has 0 aromatic heterocycles. The van der Waals surface area contributed by atoms with E-state index in [-0.39, 0.29) is 18.4 Å². The van der Waals surface area contributed by atoms with Crippen LogP contribution in [-0.2, 0) is 9.53 Å². The molecule has 21 heavy (non-hydrogen) atoms. The number of hydrogen-bond donors (Lipinski definition) is 2. The average Bonchev–Trinajstić information content (AvgIpc) is 2.54. The Morgan fingerprint density at radius 3 is 2.52 bits per heavy atom. The van der Waals surface area contributed by atoms with Gasteiger partial charge in [0.05, 0.1) is 27.4 Å². The van der Waals surface area contributed by atoms with Gasteiger partial charge in [0.15, 0.2) is 0 Å². The van der Waals surface area contributed by atoms with Gasteiger partial charge in [-0.3, -0.25) is 4.79 Å². The number of carbonyl (C=O) groups is 1. The highest BCUT2D eigenvalue weighted by molar-refractivity contribution is 5.69. The molecule has 0 aliphatic carbocycles. The van der Waals surface area contributed by atoms with Gasteiger partial charge < -0.3 is 24.6 Å². The molecule has 0 radical (unpaired) electrons. The molecular formula is C15H23NO5. The number of likely N-dealkylation sites (N-methyl/N-ethyl adjacent to an activating group) is 1. The maximum atomic E-state index is 11.2. The molecule has 2 N–H and O–H groups in total. The van der Waals surface area contributed by atoms with E-state index in [0.29, 0.717) is 23.5 Å². The van der Waals surface area contributed by atoms with E-state index in [4.69, 9.17) is 9.47 Å². The van der Waals surface area contributed by atoms with Gasteiger partial charge in [-0.1, -0.05) is 0 Å². The van der Waals surface area contributed by atoms with Crippen LogP contribution in [0.2, 0.25) is 0 Å². The lowest BCUT2D eigenvalue weighted by Gasteiger charge is -2.24. The van der Waals surface area contributed by atoms with Gasteiger partial charge >= 0.3 is 5.97 Å². The summed E-state index contributed by atoms with van der Waals surface area (Å²) in [6, 6.07) is 4.93. The van der Waals surface area contributed by atoms with E-state index in [2.05, 4.69) is 10.1 Å². The van der Waals surface area contributed by atoms with Gasteiger partial charge in [-0.25, -0.2) is 0 Å². The molecule has 0 aliphatic rings. The fourth-order valence-corrected chi connectivity index (χ4v) is 2.12. The van der Waals surface area contributed by atoms with Crippen LogP contribution in [0.5, 0.6) is 11.5 Å². The number of nitrogens with one attached hydrogen (secondary N) is 1. The van der Waals surface area contributed by atoms with Gasteiger partial charge in [-0.05, 0) is 31.7 Å². The first kappa shape index (κ1) is 17.3. The number of ether oxygens (including phenoxy) is 3. The normalized spacial score (nSPS) is 13.4.